The number of anilines is 1. The van der Waals surface area contributed by atoms with E-state index in [1.807, 2.05) is 41.1 Å². The Hall–Kier alpha value is -2.62. The molecule has 0 unspecified atom stereocenters. The van der Waals surface area contributed by atoms with Crippen molar-refractivity contribution in [3.63, 3.8) is 0 Å². The van der Waals surface area contributed by atoms with E-state index in [2.05, 4.69) is 25.4 Å². The van der Waals surface area contributed by atoms with Crippen LogP contribution in [0.25, 0.3) is 21.7 Å². The van der Waals surface area contributed by atoms with E-state index in [0.29, 0.717) is 23.5 Å². The maximum absolute atomic E-state index is 12.4. The summed E-state index contributed by atoms with van der Waals surface area (Å²) in [5.74, 6) is 1.50. The van der Waals surface area contributed by atoms with Gasteiger partial charge in [0.2, 0.25) is 17.7 Å². The fourth-order valence-electron chi connectivity index (χ4n) is 3.53. The first-order chi connectivity index (χ1) is 14.2. The Balaban J connectivity index is 1.14. The summed E-state index contributed by atoms with van der Waals surface area (Å²) in [6.07, 6.45) is 1.80. The van der Waals surface area contributed by atoms with Gasteiger partial charge in [-0.3, -0.25) is 9.69 Å². The van der Waals surface area contributed by atoms with Crippen LogP contribution in [0.2, 0.25) is 0 Å². The van der Waals surface area contributed by atoms with Gasteiger partial charge >= 0.3 is 0 Å². The molecule has 1 aliphatic heterocycles. The largest absolute Gasteiger partial charge is 0.420 e. The molecule has 1 amide bonds. The minimum atomic E-state index is -0.0277. The number of carbonyl (C=O) groups is 1. The first kappa shape index (κ1) is 18.4. The zero-order chi connectivity index (χ0) is 19.6. The van der Waals surface area contributed by atoms with E-state index in [-0.39, 0.29) is 11.8 Å². The van der Waals surface area contributed by atoms with Crippen LogP contribution in [-0.2, 0) is 4.79 Å². The lowest BCUT2D eigenvalue weighted by atomic mass is 9.97. The van der Waals surface area contributed by atoms with Crippen LogP contribution in [-0.4, -0.2) is 45.6 Å². The van der Waals surface area contributed by atoms with Crippen molar-refractivity contribution in [3.8, 4) is 11.5 Å². The Morgan fingerprint density at radius 3 is 2.86 bits per heavy atom. The molecule has 5 rings (SSSR count). The molecule has 1 aromatic carbocycles. The molecule has 9 heteroatoms. The highest BCUT2D eigenvalue weighted by Gasteiger charge is 2.26. The quantitative estimate of drug-likeness (QED) is 0.515. The molecule has 1 fully saturated rings. The van der Waals surface area contributed by atoms with Gasteiger partial charge in [-0.2, -0.15) is 11.3 Å². The Morgan fingerprint density at radius 1 is 1.21 bits per heavy atom. The highest BCUT2D eigenvalue weighted by Crippen LogP contribution is 2.30. The van der Waals surface area contributed by atoms with Crippen molar-refractivity contribution in [1.82, 2.24) is 20.1 Å². The Labute approximate surface area is 175 Å². The molecule has 1 saturated heterocycles. The van der Waals surface area contributed by atoms with Gasteiger partial charge in [0.05, 0.1) is 16.8 Å². The second-order valence-corrected chi connectivity index (χ2v) is 8.85. The van der Waals surface area contributed by atoms with Crippen molar-refractivity contribution < 1.29 is 9.21 Å². The van der Waals surface area contributed by atoms with E-state index in [9.17, 15) is 4.79 Å². The van der Waals surface area contributed by atoms with Crippen LogP contribution < -0.4 is 5.32 Å². The minimum Gasteiger partial charge on any atom is -0.420 e. The number of benzene rings is 1. The Kier molecular flexibility index (Phi) is 5.09. The molecule has 148 valence electrons. The molecule has 7 nitrogen and oxygen atoms in total. The van der Waals surface area contributed by atoms with Crippen molar-refractivity contribution in [2.45, 2.75) is 18.8 Å². The van der Waals surface area contributed by atoms with Crippen LogP contribution in [0.5, 0.6) is 0 Å². The van der Waals surface area contributed by atoms with Gasteiger partial charge in [-0.15, -0.1) is 10.2 Å². The van der Waals surface area contributed by atoms with E-state index in [1.165, 1.54) is 11.3 Å². The monoisotopic (exact) mass is 425 g/mol. The first-order valence-electron chi connectivity index (χ1n) is 9.48. The molecule has 0 radical (unpaired) electrons. The number of nitrogens with one attached hydrogen (secondary N) is 1. The number of likely N-dealkylation sites (tertiary alicyclic amines) is 1. The Morgan fingerprint density at radius 2 is 2.07 bits per heavy atom. The lowest BCUT2D eigenvalue weighted by molar-refractivity contribution is -0.117. The average Bonchev–Trinajstić information content (AvgIpc) is 3.48. The molecule has 1 N–H and O–H groups in total. The van der Waals surface area contributed by atoms with Gasteiger partial charge in [0.15, 0.2) is 5.13 Å². The smallest absolute Gasteiger partial charge is 0.248 e. The predicted octanol–water partition coefficient (Wildman–Crippen LogP) is 4.23. The maximum atomic E-state index is 12.4. The van der Waals surface area contributed by atoms with E-state index < -0.39 is 0 Å². The number of thiophene rings is 1. The highest BCUT2D eigenvalue weighted by molar-refractivity contribution is 7.22. The fourth-order valence-corrected chi connectivity index (χ4v) is 5.04. The molecular formula is C20H19N5O2S2. The number of rotatable bonds is 5. The summed E-state index contributed by atoms with van der Waals surface area (Å²) in [4.78, 5) is 19.0. The van der Waals surface area contributed by atoms with Crippen molar-refractivity contribution >= 4 is 43.9 Å². The van der Waals surface area contributed by atoms with Crippen LogP contribution in [0, 0.1) is 0 Å². The summed E-state index contributed by atoms with van der Waals surface area (Å²) < 4.78 is 6.95. The Bertz CT molecular complexity index is 1080. The highest BCUT2D eigenvalue weighted by atomic mass is 32.1. The average molecular weight is 426 g/mol. The summed E-state index contributed by atoms with van der Waals surface area (Å²) in [5.41, 5.74) is 1.88. The van der Waals surface area contributed by atoms with Crippen LogP contribution in [0.4, 0.5) is 5.13 Å². The second kappa shape index (κ2) is 8.02. The fraction of sp³-hybridized carbons (Fsp3) is 0.300. The van der Waals surface area contributed by atoms with Crippen LogP contribution in [0.15, 0.2) is 45.5 Å². The van der Waals surface area contributed by atoms with Crippen molar-refractivity contribution in [2.75, 3.05) is 25.0 Å². The molecule has 4 heterocycles. The van der Waals surface area contributed by atoms with E-state index in [1.54, 1.807) is 11.3 Å². The number of carbonyl (C=O) groups excluding carboxylic acids is 1. The molecule has 0 bridgehead atoms. The lowest BCUT2D eigenvalue weighted by Gasteiger charge is -2.29. The number of amides is 1. The van der Waals surface area contributed by atoms with Gasteiger partial charge in [0.1, 0.15) is 0 Å². The van der Waals surface area contributed by atoms with Crippen LogP contribution >= 0.6 is 22.7 Å². The molecular weight excluding hydrogens is 406 g/mol. The SMILES string of the molecule is O=C(CN1CCC(c2nnc(-c3ccsc3)o2)CC1)Nc1nc2ccccc2s1. The second-order valence-electron chi connectivity index (χ2n) is 7.04. The lowest BCUT2D eigenvalue weighted by Crippen LogP contribution is -2.38. The third kappa shape index (κ3) is 4.07. The number of hydrogen-bond donors (Lipinski definition) is 1. The molecule has 0 atom stereocenters. The minimum absolute atomic E-state index is 0.0277. The van der Waals surface area contributed by atoms with Gasteiger partial charge in [-0.25, -0.2) is 4.98 Å². The predicted molar refractivity (Wildman–Crippen MR) is 114 cm³/mol. The number of thiazole rings is 1. The third-order valence-corrected chi connectivity index (χ3v) is 6.69. The summed E-state index contributed by atoms with van der Waals surface area (Å²) >= 11 is 3.11. The summed E-state index contributed by atoms with van der Waals surface area (Å²) in [6.45, 7) is 2.02. The molecule has 1 aliphatic rings. The van der Waals surface area contributed by atoms with Gasteiger partial charge in [-0.1, -0.05) is 23.5 Å². The van der Waals surface area contributed by atoms with E-state index in [0.717, 1.165) is 41.7 Å². The zero-order valence-electron chi connectivity index (χ0n) is 15.6. The molecule has 0 spiro atoms. The first-order valence-corrected chi connectivity index (χ1v) is 11.2. The number of nitrogens with zero attached hydrogens (tertiary/aromatic N) is 4. The van der Waals surface area contributed by atoms with Gasteiger partial charge in [0, 0.05) is 16.9 Å². The topological polar surface area (TPSA) is 84.2 Å². The zero-order valence-corrected chi connectivity index (χ0v) is 17.2. The van der Waals surface area contributed by atoms with Crippen LogP contribution in [0.3, 0.4) is 0 Å². The number of para-hydroxylation sites is 1. The maximum Gasteiger partial charge on any atom is 0.248 e. The molecule has 4 aromatic rings. The summed E-state index contributed by atoms with van der Waals surface area (Å²) in [6, 6.07) is 9.87. The number of aromatic nitrogens is 3. The van der Waals surface area contributed by atoms with E-state index in [4.69, 9.17) is 4.42 Å². The standard InChI is InChI=1S/C20H19N5O2S2/c26-17(22-20-21-15-3-1-2-4-16(15)29-20)11-25-8-5-13(6-9-25)18-23-24-19(27-18)14-7-10-28-12-14/h1-4,7,10,12-13H,5-6,8-9,11H2,(H,21,22,26). The normalized spacial score (nSPS) is 15.7. The van der Waals surface area contributed by atoms with Gasteiger partial charge in [-0.05, 0) is 49.5 Å². The number of hydrogen-bond acceptors (Lipinski definition) is 8. The van der Waals surface area contributed by atoms with Crippen molar-refractivity contribution in [1.29, 1.82) is 0 Å². The van der Waals surface area contributed by atoms with Gasteiger partial charge in [0.25, 0.3) is 0 Å². The summed E-state index contributed by atoms with van der Waals surface area (Å²) in [5, 5.41) is 16.0. The molecule has 0 aliphatic carbocycles. The van der Waals surface area contributed by atoms with E-state index >= 15 is 0 Å². The third-order valence-electron chi connectivity index (χ3n) is 5.05. The summed E-state index contributed by atoms with van der Waals surface area (Å²) in [7, 11) is 0. The van der Waals surface area contributed by atoms with Crippen LogP contribution in [0.1, 0.15) is 24.7 Å². The molecule has 3 aromatic heterocycles. The van der Waals surface area contributed by atoms with Crippen molar-refractivity contribution in [2.24, 2.45) is 0 Å². The van der Waals surface area contributed by atoms with Crippen molar-refractivity contribution in [3.05, 3.63) is 47.0 Å². The molecule has 0 saturated carbocycles. The molecule has 29 heavy (non-hydrogen) atoms. The number of piperidine rings is 1. The number of fused-ring (bicyclic) bond motifs is 1. The van der Waals surface area contributed by atoms with Gasteiger partial charge < -0.3 is 9.73 Å².